The van der Waals surface area contributed by atoms with E-state index in [1.54, 1.807) is 20.8 Å². The minimum Gasteiger partial charge on any atom is -0.444 e. The maximum absolute atomic E-state index is 11.6. The first-order valence-electron chi connectivity index (χ1n) is 5.61. The van der Waals surface area contributed by atoms with Crippen LogP contribution in [0.15, 0.2) is 18.2 Å². The molecule has 0 heterocycles. The molecule has 0 unspecified atom stereocenters. The molecule has 0 saturated heterocycles. The quantitative estimate of drug-likeness (QED) is 0.647. The third-order valence-corrected chi connectivity index (χ3v) is 2.11. The van der Waals surface area contributed by atoms with Gasteiger partial charge in [-0.25, -0.2) is 4.79 Å². The molecule has 0 aromatic heterocycles. The largest absolute Gasteiger partial charge is 0.444 e. The third kappa shape index (κ3) is 4.55. The summed E-state index contributed by atoms with van der Waals surface area (Å²) in [5.74, 6) is 0. The van der Waals surface area contributed by atoms with E-state index in [1.165, 1.54) is 18.2 Å². The van der Waals surface area contributed by atoms with Crippen LogP contribution in [0.1, 0.15) is 26.3 Å². The molecule has 0 aliphatic heterocycles. The van der Waals surface area contributed by atoms with Crippen molar-refractivity contribution in [2.24, 2.45) is 0 Å². The van der Waals surface area contributed by atoms with Crippen molar-refractivity contribution in [1.82, 2.24) is 0 Å². The predicted octanol–water partition coefficient (Wildman–Crippen LogP) is 2.43. The second kappa shape index (κ2) is 5.66. The molecule has 7 heteroatoms. The number of rotatable bonds is 3. The van der Waals surface area contributed by atoms with E-state index in [4.69, 9.17) is 9.84 Å². The summed E-state index contributed by atoms with van der Waals surface area (Å²) in [4.78, 5) is 21.7. The number of anilines is 1. The topological polar surface area (TPSA) is 102 Å². The summed E-state index contributed by atoms with van der Waals surface area (Å²) >= 11 is 0. The zero-order chi connectivity index (χ0) is 14.6. The van der Waals surface area contributed by atoms with E-state index >= 15 is 0 Å². The van der Waals surface area contributed by atoms with E-state index in [9.17, 15) is 14.9 Å². The van der Waals surface area contributed by atoms with Crippen molar-refractivity contribution < 1.29 is 19.6 Å². The Morgan fingerprint density at radius 3 is 2.58 bits per heavy atom. The molecule has 0 bridgehead atoms. The normalized spacial score (nSPS) is 10.9. The van der Waals surface area contributed by atoms with Crippen LogP contribution in [-0.2, 0) is 11.3 Å². The van der Waals surface area contributed by atoms with Crippen LogP contribution >= 0.6 is 0 Å². The molecule has 19 heavy (non-hydrogen) atoms. The molecule has 0 radical (unpaired) electrons. The first kappa shape index (κ1) is 14.9. The van der Waals surface area contributed by atoms with Gasteiger partial charge in [0, 0.05) is 17.7 Å². The number of carbonyl (C=O) groups excluding carboxylic acids is 1. The lowest BCUT2D eigenvalue weighted by Gasteiger charge is -2.20. The molecule has 1 rings (SSSR count). The van der Waals surface area contributed by atoms with Crippen LogP contribution in [-0.4, -0.2) is 21.7 Å². The van der Waals surface area contributed by atoms with E-state index in [0.29, 0.717) is 5.56 Å². The molecule has 0 aliphatic carbocycles. The van der Waals surface area contributed by atoms with Crippen LogP contribution in [0.5, 0.6) is 0 Å². The molecular weight excluding hydrogens is 252 g/mol. The molecule has 104 valence electrons. The summed E-state index contributed by atoms with van der Waals surface area (Å²) in [7, 11) is 0. The Morgan fingerprint density at radius 2 is 2.11 bits per heavy atom. The highest BCUT2D eigenvalue weighted by atomic mass is 16.6. The van der Waals surface area contributed by atoms with Gasteiger partial charge in [-0.05, 0) is 26.8 Å². The second-order valence-corrected chi connectivity index (χ2v) is 4.88. The molecule has 0 atom stereocenters. The van der Waals surface area contributed by atoms with E-state index in [0.717, 1.165) is 0 Å². The monoisotopic (exact) mass is 268 g/mol. The minimum atomic E-state index is -0.734. The lowest BCUT2D eigenvalue weighted by molar-refractivity contribution is -0.384. The van der Waals surface area contributed by atoms with Crippen molar-refractivity contribution >= 4 is 17.5 Å². The maximum atomic E-state index is 11.6. The fourth-order valence-electron chi connectivity index (χ4n) is 1.35. The van der Waals surface area contributed by atoms with Crippen molar-refractivity contribution in [1.29, 1.82) is 0 Å². The van der Waals surface area contributed by atoms with Gasteiger partial charge >= 0.3 is 6.09 Å². The second-order valence-electron chi connectivity index (χ2n) is 4.88. The summed E-state index contributed by atoms with van der Waals surface area (Å²) in [6.45, 7) is 4.76. The summed E-state index contributed by atoms with van der Waals surface area (Å²) in [5.41, 5.74) is -0.324. The molecule has 0 fully saturated rings. The highest BCUT2D eigenvalue weighted by Gasteiger charge is 2.18. The van der Waals surface area contributed by atoms with Crippen LogP contribution in [0.3, 0.4) is 0 Å². The van der Waals surface area contributed by atoms with E-state index in [2.05, 4.69) is 5.32 Å². The van der Waals surface area contributed by atoms with E-state index < -0.39 is 16.6 Å². The Morgan fingerprint density at radius 1 is 1.47 bits per heavy atom. The molecular formula is C12H16N2O5. The van der Waals surface area contributed by atoms with Crippen LogP contribution in [0.4, 0.5) is 16.2 Å². The summed E-state index contributed by atoms with van der Waals surface area (Å²) in [6.07, 6.45) is -0.734. The van der Waals surface area contributed by atoms with Gasteiger partial charge in [0.2, 0.25) is 0 Å². The maximum Gasteiger partial charge on any atom is 0.412 e. The minimum absolute atomic E-state index is 0.158. The number of nitrogens with zero attached hydrogens (tertiary/aromatic N) is 1. The lowest BCUT2D eigenvalue weighted by atomic mass is 10.1. The Hall–Kier alpha value is -2.15. The van der Waals surface area contributed by atoms with Gasteiger partial charge in [0.1, 0.15) is 5.60 Å². The Bertz CT molecular complexity index is 493. The highest BCUT2D eigenvalue weighted by Crippen LogP contribution is 2.23. The van der Waals surface area contributed by atoms with Gasteiger partial charge in [-0.2, -0.15) is 0 Å². The molecule has 0 aliphatic rings. The number of ether oxygens (including phenoxy) is 1. The van der Waals surface area contributed by atoms with Gasteiger partial charge in [-0.3, -0.25) is 15.4 Å². The van der Waals surface area contributed by atoms with E-state index in [1.807, 2.05) is 0 Å². The van der Waals surface area contributed by atoms with Gasteiger partial charge in [-0.15, -0.1) is 0 Å². The molecule has 1 amide bonds. The number of hydrogen-bond acceptors (Lipinski definition) is 5. The van der Waals surface area contributed by atoms with Gasteiger partial charge in [0.05, 0.1) is 17.2 Å². The van der Waals surface area contributed by atoms with Crippen LogP contribution in [0.25, 0.3) is 0 Å². The van der Waals surface area contributed by atoms with Crippen molar-refractivity contribution in [3.05, 3.63) is 33.9 Å². The molecule has 2 N–H and O–H groups in total. The van der Waals surface area contributed by atoms with Crippen LogP contribution in [0.2, 0.25) is 0 Å². The Labute approximate surface area is 110 Å². The number of aliphatic hydroxyl groups excluding tert-OH is 1. The number of aliphatic hydroxyl groups is 1. The third-order valence-electron chi connectivity index (χ3n) is 2.11. The van der Waals surface area contributed by atoms with Gasteiger partial charge in [0.25, 0.3) is 5.69 Å². The first-order chi connectivity index (χ1) is 8.73. The SMILES string of the molecule is CC(C)(C)OC(=O)Nc1cc([N+](=O)[O-])ccc1CO. The standard InChI is InChI=1S/C12H16N2O5/c1-12(2,3)19-11(16)13-10-6-9(14(17)18)5-4-8(10)7-15/h4-6,15H,7H2,1-3H3,(H,13,16). The molecule has 1 aromatic carbocycles. The predicted molar refractivity (Wildman–Crippen MR) is 68.9 cm³/mol. The zero-order valence-corrected chi connectivity index (χ0v) is 11.0. The van der Waals surface area contributed by atoms with Gasteiger partial charge in [-0.1, -0.05) is 0 Å². The number of nitro groups is 1. The molecule has 0 spiro atoms. The number of amides is 1. The number of benzene rings is 1. The Balaban J connectivity index is 2.95. The Kier molecular flexibility index (Phi) is 4.44. The number of carbonyl (C=O) groups is 1. The average molecular weight is 268 g/mol. The lowest BCUT2D eigenvalue weighted by Crippen LogP contribution is -2.27. The zero-order valence-electron chi connectivity index (χ0n) is 11.0. The van der Waals surface area contributed by atoms with Crippen LogP contribution in [0, 0.1) is 10.1 Å². The van der Waals surface area contributed by atoms with Crippen molar-refractivity contribution in [2.45, 2.75) is 33.0 Å². The molecule has 1 aromatic rings. The molecule has 7 nitrogen and oxygen atoms in total. The number of non-ortho nitro benzene ring substituents is 1. The average Bonchev–Trinajstić information content (AvgIpc) is 2.26. The smallest absolute Gasteiger partial charge is 0.412 e. The highest BCUT2D eigenvalue weighted by molar-refractivity contribution is 5.86. The van der Waals surface area contributed by atoms with E-state index in [-0.39, 0.29) is 18.0 Å². The number of hydrogen-bond donors (Lipinski definition) is 2. The van der Waals surface area contributed by atoms with Crippen molar-refractivity contribution in [3.8, 4) is 0 Å². The van der Waals surface area contributed by atoms with Crippen molar-refractivity contribution in [2.75, 3.05) is 5.32 Å². The number of nitrogens with one attached hydrogen (secondary N) is 1. The molecule has 0 saturated carbocycles. The first-order valence-corrected chi connectivity index (χ1v) is 5.61. The number of nitro benzene ring substituents is 1. The fourth-order valence-corrected chi connectivity index (χ4v) is 1.35. The van der Waals surface area contributed by atoms with Gasteiger partial charge in [0.15, 0.2) is 0 Å². The summed E-state index contributed by atoms with van der Waals surface area (Å²) in [6, 6.07) is 3.81. The van der Waals surface area contributed by atoms with Gasteiger partial charge < -0.3 is 9.84 Å². The summed E-state index contributed by atoms with van der Waals surface area (Å²) < 4.78 is 5.04. The fraction of sp³-hybridized carbons (Fsp3) is 0.417. The van der Waals surface area contributed by atoms with Crippen LogP contribution < -0.4 is 5.32 Å². The summed E-state index contributed by atoms with van der Waals surface area (Å²) in [5, 5.41) is 22.2. The van der Waals surface area contributed by atoms with Crippen molar-refractivity contribution in [3.63, 3.8) is 0 Å².